The van der Waals surface area contributed by atoms with Gasteiger partial charge >= 0.3 is 0 Å². The van der Waals surface area contributed by atoms with Gasteiger partial charge in [-0.25, -0.2) is 0 Å². The van der Waals surface area contributed by atoms with Crippen molar-refractivity contribution in [2.45, 2.75) is 24.5 Å². The standard InChI is InChI=1S/C19H19ClN2O2S/c20-15-10-8-14(9-11-15)19(24)22-21-18(23)12-25-17-7-3-5-13-4-1-2-6-16(13)17/h1-2,4,6,8-11,17H,3,5,7,12H2,(H,21,23)(H,22,24). The lowest BCUT2D eigenvalue weighted by atomic mass is 9.91. The third kappa shape index (κ3) is 4.77. The quantitative estimate of drug-likeness (QED) is 0.797. The van der Waals surface area contributed by atoms with Gasteiger partial charge < -0.3 is 0 Å². The maximum Gasteiger partial charge on any atom is 0.269 e. The molecule has 25 heavy (non-hydrogen) atoms. The number of aryl methyl sites for hydroxylation is 1. The van der Waals surface area contributed by atoms with Gasteiger partial charge in [-0.1, -0.05) is 35.9 Å². The molecule has 1 atom stereocenters. The fourth-order valence-corrected chi connectivity index (χ4v) is 4.19. The number of rotatable bonds is 4. The predicted molar refractivity (Wildman–Crippen MR) is 102 cm³/mol. The van der Waals surface area contributed by atoms with E-state index in [0.29, 0.717) is 21.6 Å². The van der Waals surface area contributed by atoms with E-state index < -0.39 is 0 Å². The van der Waals surface area contributed by atoms with Crippen LogP contribution in [0.1, 0.15) is 39.6 Å². The van der Waals surface area contributed by atoms with Gasteiger partial charge in [0.15, 0.2) is 0 Å². The number of thioether (sulfide) groups is 1. The molecule has 0 bridgehead atoms. The van der Waals surface area contributed by atoms with Crippen LogP contribution < -0.4 is 10.9 Å². The van der Waals surface area contributed by atoms with Gasteiger partial charge in [-0.15, -0.1) is 11.8 Å². The van der Waals surface area contributed by atoms with Crippen molar-refractivity contribution in [2.75, 3.05) is 5.75 Å². The molecule has 0 aromatic heterocycles. The number of hydrogen-bond acceptors (Lipinski definition) is 3. The van der Waals surface area contributed by atoms with Crippen LogP contribution in [0.3, 0.4) is 0 Å². The van der Waals surface area contributed by atoms with Crippen molar-refractivity contribution in [1.82, 2.24) is 10.9 Å². The molecule has 0 saturated heterocycles. The monoisotopic (exact) mass is 374 g/mol. The Bertz CT molecular complexity index is 764. The van der Waals surface area contributed by atoms with Crippen LogP contribution >= 0.6 is 23.4 Å². The maximum absolute atomic E-state index is 12.0. The Kier molecular flexibility index (Phi) is 6.00. The second-order valence-electron chi connectivity index (χ2n) is 5.90. The van der Waals surface area contributed by atoms with Crippen LogP contribution in [0.15, 0.2) is 48.5 Å². The summed E-state index contributed by atoms with van der Waals surface area (Å²) in [7, 11) is 0. The Morgan fingerprint density at radius 3 is 2.64 bits per heavy atom. The topological polar surface area (TPSA) is 58.2 Å². The first-order valence-electron chi connectivity index (χ1n) is 8.17. The number of nitrogens with one attached hydrogen (secondary N) is 2. The maximum atomic E-state index is 12.0. The van der Waals surface area contributed by atoms with Crippen molar-refractivity contribution in [3.05, 3.63) is 70.2 Å². The predicted octanol–water partition coefficient (Wildman–Crippen LogP) is 3.91. The van der Waals surface area contributed by atoms with E-state index in [1.54, 1.807) is 36.0 Å². The lowest BCUT2D eigenvalue weighted by Gasteiger charge is -2.24. The lowest BCUT2D eigenvalue weighted by Crippen LogP contribution is -2.42. The molecule has 2 aromatic rings. The third-order valence-corrected chi connectivity index (χ3v) is 5.72. The number of benzene rings is 2. The Hall–Kier alpha value is -1.98. The molecular formula is C19H19ClN2O2S. The highest BCUT2D eigenvalue weighted by atomic mass is 35.5. The molecule has 0 saturated carbocycles. The fraction of sp³-hybridized carbons (Fsp3) is 0.263. The number of hydrazine groups is 1. The molecule has 2 amide bonds. The van der Waals surface area contributed by atoms with Gasteiger partial charge in [-0.2, -0.15) is 0 Å². The number of halogens is 1. The van der Waals surface area contributed by atoms with Crippen molar-refractivity contribution in [2.24, 2.45) is 0 Å². The number of carbonyl (C=O) groups excluding carboxylic acids is 2. The summed E-state index contributed by atoms with van der Waals surface area (Å²) in [6.45, 7) is 0. The molecule has 0 spiro atoms. The van der Waals surface area contributed by atoms with Gasteiger partial charge in [0.25, 0.3) is 5.91 Å². The summed E-state index contributed by atoms with van der Waals surface area (Å²) in [5.74, 6) is -0.270. The van der Waals surface area contributed by atoms with Crippen LogP contribution in [0.25, 0.3) is 0 Å². The molecule has 4 nitrogen and oxygen atoms in total. The number of fused-ring (bicyclic) bond motifs is 1. The Morgan fingerprint density at radius 1 is 1.08 bits per heavy atom. The summed E-state index contributed by atoms with van der Waals surface area (Å²) < 4.78 is 0. The summed E-state index contributed by atoms with van der Waals surface area (Å²) in [5.41, 5.74) is 8.05. The number of hydrogen-bond donors (Lipinski definition) is 2. The Labute approximate surface area is 156 Å². The zero-order valence-corrected chi connectivity index (χ0v) is 15.2. The van der Waals surface area contributed by atoms with Gasteiger partial charge in [0.1, 0.15) is 0 Å². The van der Waals surface area contributed by atoms with Gasteiger partial charge in [-0.3, -0.25) is 20.4 Å². The first kappa shape index (κ1) is 17.8. The first-order valence-corrected chi connectivity index (χ1v) is 9.60. The van der Waals surface area contributed by atoms with Crippen LogP contribution in [-0.2, 0) is 11.2 Å². The SMILES string of the molecule is O=C(CSC1CCCc2ccccc21)NNC(=O)c1ccc(Cl)cc1. The van der Waals surface area contributed by atoms with E-state index in [4.69, 9.17) is 11.6 Å². The second-order valence-corrected chi connectivity index (χ2v) is 7.53. The van der Waals surface area contributed by atoms with Gasteiger partial charge in [0, 0.05) is 15.8 Å². The zero-order valence-electron chi connectivity index (χ0n) is 13.6. The fourth-order valence-electron chi connectivity index (χ4n) is 2.89. The minimum Gasteiger partial charge on any atom is -0.272 e. The molecule has 1 aliphatic carbocycles. The largest absolute Gasteiger partial charge is 0.272 e. The first-order chi connectivity index (χ1) is 12.1. The number of carbonyl (C=O) groups is 2. The Balaban J connectivity index is 1.47. The van der Waals surface area contributed by atoms with Crippen molar-refractivity contribution in [1.29, 1.82) is 0 Å². The summed E-state index contributed by atoms with van der Waals surface area (Å²) in [6, 6.07) is 14.9. The highest BCUT2D eigenvalue weighted by Crippen LogP contribution is 2.39. The summed E-state index contributed by atoms with van der Waals surface area (Å²) in [5, 5.41) is 0.896. The smallest absolute Gasteiger partial charge is 0.269 e. The van der Waals surface area contributed by atoms with E-state index in [9.17, 15) is 9.59 Å². The summed E-state index contributed by atoms with van der Waals surface area (Å²) in [4.78, 5) is 24.0. The van der Waals surface area contributed by atoms with Crippen molar-refractivity contribution < 1.29 is 9.59 Å². The van der Waals surface area contributed by atoms with Crippen LogP contribution in [0.5, 0.6) is 0 Å². The highest BCUT2D eigenvalue weighted by Gasteiger charge is 2.21. The molecule has 0 radical (unpaired) electrons. The molecule has 0 fully saturated rings. The van der Waals surface area contributed by atoms with Crippen molar-refractivity contribution in [3.63, 3.8) is 0 Å². The average Bonchev–Trinajstić information content (AvgIpc) is 2.65. The highest BCUT2D eigenvalue weighted by molar-refractivity contribution is 8.00. The molecule has 0 aliphatic heterocycles. The molecular weight excluding hydrogens is 356 g/mol. The minimum absolute atomic E-state index is 0.213. The lowest BCUT2D eigenvalue weighted by molar-refractivity contribution is -0.119. The zero-order chi connectivity index (χ0) is 17.6. The Morgan fingerprint density at radius 2 is 1.84 bits per heavy atom. The normalized spacial score (nSPS) is 16.0. The molecule has 3 rings (SSSR count). The van der Waals surface area contributed by atoms with E-state index in [-0.39, 0.29) is 11.8 Å². The minimum atomic E-state index is -0.363. The molecule has 130 valence electrons. The molecule has 6 heteroatoms. The van der Waals surface area contributed by atoms with E-state index in [1.165, 1.54) is 11.1 Å². The molecule has 2 aromatic carbocycles. The van der Waals surface area contributed by atoms with Crippen LogP contribution in [-0.4, -0.2) is 17.6 Å². The van der Waals surface area contributed by atoms with Crippen LogP contribution in [0, 0.1) is 0 Å². The average molecular weight is 375 g/mol. The second kappa shape index (κ2) is 8.41. The van der Waals surface area contributed by atoms with E-state index in [1.807, 2.05) is 6.07 Å². The molecule has 0 heterocycles. The molecule has 2 N–H and O–H groups in total. The van der Waals surface area contributed by atoms with Gasteiger partial charge in [0.05, 0.1) is 5.75 Å². The summed E-state index contributed by atoms with van der Waals surface area (Å²) in [6.07, 6.45) is 3.33. The van der Waals surface area contributed by atoms with E-state index in [0.717, 1.165) is 19.3 Å². The number of amides is 2. The molecule has 1 unspecified atom stereocenters. The van der Waals surface area contributed by atoms with Gasteiger partial charge in [0.2, 0.25) is 5.91 Å². The van der Waals surface area contributed by atoms with E-state index in [2.05, 4.69) is 29.1 Å². The summed E-state index contributed by atoms with van der Waals surface area (Å²) >= 11 is 7.41. The van der Waals surface area contributed by atoms with Crippen molar-refractivity contribution >= 4 is 35.2 Å². The van der Waals surface area contributed by atoms with Crippen LogP contribution in [0.2, 0.25) is 5.02 Å². The third-order valence-electron chi connectivity index (χ3n) is 4.15. The van der Waals surface area contributed by atoms with Gasteiger partial charge in [-0.05, 0) is 54.7 Å². The van der Waals surface area contributed by atoms with Crippen molar-refractivity contribution in [3.8, 4) is 0 Å². The van der Waals surface area contributed by atoms with Crippen LogP contribution in [0.4, 0.5) is 0 Å². The molecule has 1 aliphatic rings. The van der Waals surface area contributed by atoms with E-state index >= 15 is 0 Å².